The zero-order chi connectivity index (χ0) is 19.4. The molecule has 0 spiro atoms. The number of para-hydroxylation sites is 1. The fourth-order valence-electron chi connectivity index (χ4n) is 3.26. The zero-order valence-corrected chi connectivity index (χ0v) is 15.9. The second kappa shape index (κ2) is 8.46. The van der Waals surface area contributed by atoms with Crippen molar-refractivity contribution in [2.45, 2.75) is 55.5 Å². The predicted octanol–water partition coefficient (Wildman–Crippen LogP) is 4.83. The summed E-state index contributed by atoms with van der Waals surface area (Å²) in [6.07, 6.45) is 1.24. The highest BCUT2D eigenvalue weighted by Gasteiger charge is 2.36. The van der Waals surface area contributed by atoms with Crippen molar-refractivity contribution in [2.24, 2.45) is 5.92 Å². The van der Waals surface area contributed by atoms with Crippen LogP contribution in [0.15, 0.2) is 29.3 Å². The largest absolute Gasteiger partial charge is 0.451 e. The molecule has 3 rings (SSSR count). The van der Waals surface area contributed by atoms with Gasteiger partial charge in [0.2, 0.25) is 11.7 Å². The summed E-state index contributed by atoms with van der Waals surface area (Å²) in [5.74, 6) is -0.864. The van der Waals surface area contributed by atoms with E-state index in [-0.39, 0.29) is 16.4 Å². The first-order chi connectivity index (χ1) is 12.8. The first-order valence-electron chi connectivity index (χ1n) is 9.13. The van der Waals surface area contributed by atoms with Crippen molar-refractivity contribution in [3.05, 3.63) is 30.1 Å². The Kier molecular flexibility index (Phi) is 6.24. The number of hydrogen-bond donors (Lipinski definition) is 1. The van der Waals surface area contributed by atoms with Crippen LogP contribution in [-0.4, -0.2) is 27.7 Å². The normalized spacial score (nSPS) is 17.0. The first kappa shape index (κ1) is 19.9. The molecule has 1 aliphatic rings. The Morgan fingerprint density at radius 2 is 1.93 bits per heavy atom. The summed E-state index contributed by atoms with van der Waals surface area (Å²) < 4.78 is 39.3. The summed E-state index contributed by atoms with van der Waals surface area (Å²) >= 11 is 1.03. The summed E-state index contributed by atoms with van der Waals surface area (Å²) in [7, 11) is 0. The molecule has 0 radical (unpaired) electrons. The Balaban J connectivity index is 1.73. The molecule has 1 N–H and O–H groups in total. The van der Waals surface area contributed by atoms with Gasteiger partial charge in [-0.25, -0.2) is 9.97 Å². The Bertz CT molecular complexity index is 806. The van der Waals surface area contributed by atoms with E-state index in [0.29, 0.717) is 17.8 Å². The lowest BCUT2D eigenvalue weighted by Crippen LogP contribution is -2.35. The molecule has 0 aliphatic heterocycles. The summed E-state index contributed by atoms with van der Waals surface area (Å²) in [4.78, 5) is 19.7. The molecule has 4 nitrogen and oxygen atoms in total. The number of halogens is 3. The number of alkyl halides is 3. The average Bonchev–Trinajstić information content (AvgIpc) is 2.66. The fourth-order valence-corrected chi connectivity index (χ4v) is 4.23. The van der Waals surface area contributed by atoms with E-state index in [1.54, 1.807) is 25.1 Å². The third-order valence-corrected chi connectivity index (χ3v) is 5.87. The highest BCUT2D eigenvalue weighted by Crippen LogP contribution is 2.33. The minimum absolute atomic E-state index is 0.174. The minimum Gasteiger partial charge on any atom is -0.355 e. The fraction of sp³-hybridized carbons (Fsp3) is 0.526. The lowest BCUT2D eigenvalue weighted by atomic mass is 9.89. The van der Waals surface area contributed by atoms with E-state index in [1.807, 2.05) is 0 Å². The van der Waals surface area contributed by atoms with Crippen molar-refractivity contribution >= 4 is 28.6 Å². The number of nitrogens with one attached hydrogen (secondary N) is 1. The quantitative estimate of drug-likeness (QED) is 0.580. The molecule has 1 aromatic heterocycles. The second-order valence-electron chi connectivity index (χ2n) is 6.88. The number of amides is 1. The zero-order valence-electron chi connectivity index (χ0n) is 15.1. The van der Waals surface area contributed by atoms with Gasteiger partial charge in [-0.1, -0.05) is 49.2 Å². The monoisotopic (exact) mass is 397 g/mol. The van der Waals surface area contributed by atoms with E-state index in [9.17, 15) is 18.0 Å². The summed E-state index contributed by atoms with van der Waals surface area (Å²) in [5, 5.41) is 3.08. The number of nitrogens with zero attached hydrogens (tertiary/aromatic N) is 2. The third-order valence-electron chi connectivity index (χ3n) is 4.77. The van der Waals surface area contributed by atoms with Gasteiger partial charge < -0.3 is 5.32 Å². The van der Waals surface area contributed by atoms with E-state index in [4.69, 9.17) is 0 Å². The molecular formula is C19H22F3N3OS. The van der Waals surface area contributed by atoms with Gasteiger partial charge in [-0.15, -0.1) is 0 Å². The molecule has 0 unspecified atom stereocenters. The topological polar surface area (TPSA) is 54.9 Å². The minimum atomic E-state index is -4.63. The number of carbonyl (C=O) groups is 1. The number of hydrogen-bond acceptors (Lipinski definition) is 4. The third kappa shape index (κ3) is 5.12. The van der Waals surface area contributed by atoms with Gasteiger partial charge in [-0.05, 0) is 31.7 Å². The number of thioether (sulfide) groups is 1. The van der Waals surface area contributed by atoms with E-state index < -0.39 is 17.3 Å². The molecule has 1 amide bonds. The second-order valence-corrected chi connectivity index (χ2v) is 8.21. The van der Waals surface area contributed by atoms with E-state index >= 15 is 0 Å². The summed E-state index contributed by atoms with van der Waals surface area (Å²) in [6, 6.07) is 6.54. The van der Waals surface area contributed by atoms with Gasteiger partial charge in [0, 0.05) is 11.9 Å². The molecule has 1 aliphatic carbocycles. The molecule has 0 saturated heterocycles. The van der Waals surface area contributed by atoms with Crippen molar-refractivity contribution in [1.82, 2.24) is 15.3 Å². The smallest absolute Gasteiger partial charge is 0.355 e. The number of aromatic nitrogens is 2. The molecule has 2 aromatic rings. The van der Waals surface area contributed by atoms with Crippen LogP contribution in [0.2, 0.25) is 0 Å². The van der Waals surface area contributed by atoms with Gasteiger partial charge >= 0.3 is 6.18 Å². The lowest BCUT2D eigenvalue weighted by Gasteiger charge is -2.22. The van der Waals surface area contributed by atoms with Crippen LogP contribution in [0.1, 0.15) is 44.9 Å². The van der Waals surface area contributed by atoms with Crippen molar-refractivity contribution in [1.29, 1.82) is 0 Å². The molecule has 1 saturated carbocycles. The number of benzene rings is 1. The van der Waals surface area contributed by atoms with Crippen LogP contribution in [-0.2, 0) is 11.0 Å². The van der Waals surface area contributed by atoms with E-state index in [0.717, 1.165) is 24.6 Å². The molecule has 8 heteroatoms. The maximum Gasteiger partial charge on any atom is 0.451 e. The Labute approximate surface area is 160 Å². The SMILES string of the molecule is C[C@H](Sc1nc(C(F)(F)F)nc2ccccc12)C(=O)NCC1CCCCC1. The van der Waals surface area contributed by atoms with Crippen LogP contribution in [0.25, 0.3) is 10.9 Å². The Morgan fingerprint density at radius 3 is 2.63 bits per heavy atom. The van der Waals surface area contributed by atoms with Crippen LogP contribution >= 0.6 is 11.8 Å². The van der Waals surface area contributed by atoms with Crippen LogP contribution in [0, 0.1) is 5.92 Å². The highest BCUT2D eigenvalue weighted by atomic mass is 32.2. The summed E-state index contributed by atoms with van der Waals surface area (Å²) in [5.41, 5.74) is 0.220. The van der Waals surface area contributed by atoms with Crippen LogP contribution in [0.5, 0.6) is 0 Å². The number of carbonyl (C=O) groups excluding carboxylic acids is 1. The Morgan fingerprint density at radius 1 is 1.22 bits per heavy atom. The van der Waals surface area contributed by atoms with Crippen LogP contribution < -0.4 is 5.32 Å². The molecular weight excluding hydrogens is 375 g/mol. The van der Waals surface area contributed by atoms with Gasteiger partial charge in [0.25, 0.3) is 0 Å². The maximum absolute atomic E-state index is 13.1. The lowest BCUT2D eigenvalue weighted by molar-refractivity contribution is -0.145. The Hall–Kier alpha value is -1.83. The molecule has 1 aromatic carbocycles. The maximum atomic E-state index is 13.1. The highest BCUT2D eigenvalue weighted by molar-refractivity contribution is 8.00. The molecule has 1 heterocycles. The van der Waals surface area contributed by atoms with Crippen LogP contribution in [0.3, 0.4) is 0 Å². The van der Waals surface area contributed by atoms with Gasteiger partial charge in [0.1, 0.15) is 5.03 Å². The molecule has 1 atom stereocenters. The van der Waals surface area contributed by atoms with Crippen LogP contribution in [0.4, 0.5) is 13.2 Å². The molecule has 0 bridgehead atoms. The van der Waals surface area contributed by atoms with Gasteiger partial charge in [0.15, 0.2) is 0 Å². The van der Waals surface area contributed by atoms with Crippen molar-refractivity contribution in [2.75, 3.05) is 6.54 Å². The van der Waals surface area contributed by atoms with E-state index in [2.05, 4.69) is 15.3 Å². The van der Waals surface area contributed by atoms with Crippen molar-refractivity contribution in [3.8, 4) is 0 Å². The summed E-state index contributed by atoms with van der Waals surface area (Å²) in [6.45, 7) is 2.31. The standard InChI is InChI=1S/C19H22F3N3OS/c1-12(16(26)23-11-13-7-3-2-4-8-13)27-17-14-9-5-6-10-15(14)24-18(25-17)19(20,21)22/h5-6,9-10,12-13H,2-4,7-8,11H2,1H3,(H,23,26)/t12-/m0/s1. The number of fused-ring (bicyclic) bond motifs is 1. The average molecular weight is 397 g/mol. The van der Waals surface area contributed by atoms with Crippen molar-refractivity contribution < 1.29 is 18.0 Å². The van der Waals surface area contributed by atoms with E-state index in [1.165, 1.54) is 25.3 Å². The number of rotatable bonds is 5. The molecule has 1 fully saturated rings. The predicted molar refractivity (Wildman–Crippen MR) is 99.4 cm³/mol. The molecule has 27 heavy (non-hydrogen) atoms. The van der Waals surface area contributed by atoms with Gasteiger partial charge in [0.05, 0.1) is 10.8 Å². The first-order valence-corrected chi connectivity index (χ1v) is 10.0. The van der Waals surface area contributed by atoms with Crippen molar-refractivity contribution in [3.63, 3.8) is 0 Å². The van der Waals surface area contributed by atoms with Gasteiger partial charge in [-0.3, -0.25) is 4.79 Å². The molecule has 146 valence electrons. The van der Waals surface area contributed by atoms with Gasteiger partial charge in [-0.2, -0.15) is 13.2 Å².